The van der Waals surface area contributed by atoms with Gasteiger partial charge in [-0.15, -0.1) is 0 Å². The van der Waals surface area contributed by atoms with E-state index in [2.05, 4.69) is 4.74 Å². The standard InChI is InChI=1S/C11H12O5S.Na.H/c1-16-11(12)10(8-17(13,14)15)7-9-5-3-2-4-6-9;;/h2-7H,8H2,1H3,(H,13,14,15);;/q;+1;-1. The van der Waals surface area contributed by atoms with Crippen LogP contribution in [0.5, 0.6) is 0 Å². The van der Waals surface area contributed by atoms with E-state index < -0.39 is 21.8 Å². The van der Waals surface area contributed by atoms with Crippen LogP contribution in [-0.4, -0.2) is 31.8 Å². The Hall–Kier alpha value is -0.660. The van der Waals surface area contributed by atoms with E-state index in [0.717, 1.165) is 7.11 Å². The van der Waals surface area contributed by atoms with Crippen LogP contribution in [0.2, 0.25) is 0 Å². The van der Waals surface area contributed by atoms with Crippen LogP contribution in [0.1, 0.15) is 6.99 Å². The molecule has 0 fully saturated rings. The summed E-state index contributed by atoms with van der Waals surface area (Å²) in [6.07, 6.45) is 1.36. The normalized spacial score (nSPS) is 11.6. The van der Waals surface area contributed by atoms with Gasteiger partial charge in [-0.05, 0) is 11.6 Å². The second-order valence-electron chi connectivity index (χ2n) is 3.30. The van der Waals surface area contributed by atoms with Crippen molar-refractivity contribution >= 4 is 22.2 Å². The van der Waals surface area contributed by atoms with Gasteiger partial charge < -0.3 is 6.16 Å². The van der Waals surface area contributed by atoms with Gasteiger partial charge in [0.05, 0.1) is 12.7 Å². The molecule has 0 atom stereocenters. The van der Waals surface area contributed by atoms with Crippen molar-refractivity contribution in [2.75, 3.05) is 12.9 Å². The summed E-state index contributed by atoms with van der Waals surface area (Å²) in [5, 5.41) is 0. The van der Waals surface area contributed by atoms with Gasteiger partial charge in [-0.1, -0.05) is 30.3 Å². The monoisotopic (exact) mass is 280 g/mol. The predicted molar refractivity (Wildman–Crippen MR) is 64.0 cm³/mol. The molecule has 7 heteroatoms. The van der Waals surface area contributed by atoms with Gasteiger partial charge in [0.15, 0.2) is 0 Å². The molecule has 0 saturated carbocycles. The summed E-state index contributed by atoms with van der Waals surface area (Å²) in [4.78, 5) is 11.3. The number of esters is 1. The van der Waals surface area contributed by atoms with Crippen molar-refractivity contribution in [1.82, 2.24) is 0 Å². The average molecular weight is 280 g/mol. The minimum Gasteiger partial charge on any atom is -1.00 e. The fourth-order valence-corrected chi connectivity index (χ4v) is 1.83. The Labute approximate surface area is 129 Å². The molecule has 1 aromatic carbocycles. The molecular weight excluding hydrogens is 267 g/mol. The van der Waals surface area contributed by atoms with Gasteiger partial charge in [-0.2, -0.15) is 8.42 Å². The van der Waals surface area contributed by atoms with Crippen LogP contribution < -0.4 is 29.6 Å². The molecule has 94 valence electrons. The SMILES string of the molecule is COC(=O)C(=Cc1ccccc1)CS(=O)(=O)O.[H-].[Na+]. The zero-order chi connectivity index (χ0) is 12.9. The Kier molecular flexibility index (Phi) is 7.42. The van der Waals surface area contributed by atoms with Crippen molar-refractivity contribution in [2.24, 2.45) is 0 Å². The fraction of sp³-hybridized carbons (Fsp3) is 0.182. The zero-order valence-corrected chi connectivity index (χ0v) is 13.0. The van der Waals surface area contributed by atoms with Crippen LogP contribution in [0.15, 0.2) is 35.9 Å². The largest absolute Gasteiger partial charge is 1.00 e. The molecule has 1 N–H and O–H groups in total. The number of hydrogen-bond acceptors (Lipinski definition) is 4. The van der Waals surface area contributed by atoms with Gasteiger partial charge in [0, 0.05) is 0 Å². The molecule has 0 unspecified atom stereocenters. The molecular formula is C11H13NaO5S. The molecule has 1 aromatic rings. The molecule has 1 rings (SSSR count). The van der Waals surface area contributed by atoms with Crippen LogP contribution in [0.4, 0.5) is 0 Å². The number of ether oxygens (including phenoxy) is 1. The van der Waals surface area contributed by atoms with Crippen molar-refractivity contribution in [1.29, 1.82) is 0 Å². The first kappa shape index (κ1) is 17.3. The Morgan fingerprint density at radius 1 is 1.39 bits per heavy atom. The number of methoxy groups -OCH3 is 1. The van der Waals surface area contributed by atoms with E-state index in [1.807, 2.05) is 0 Å². The van der Waals surface area contributed by atoms with E-state index in [9.17, 15) is 13.2 Å². The van der Waals surface area contributed by atoms with E-state index in [0.29, 0.717) is 5.56 Å². The fourth-order valence-electron chi connectivity index (χ4n) is 1.24. The third-order valence-electron chi connectivity index (χ3n) is 1.93. The summed E-state index contributed by atoms with van der Waals surface area (Å²) >= 11 is 0. The van der Waals surface area contributed by atoms with Crippen LogP contribution >= 0.6 is 0 Å². The van der Waals surface area contributed by atoms with Crippen LogP contribution in [-0.2, 0) is 19.6 Å². The van der Waals surface area contributed by atoms with Crippen molar-refractivity contribution in [2.45, 2.75) is 0 Å². The van der Waals surface area contributed by atoms with Gasteiger partial charge in [0.1, 0.15) is 5.75 Å². The molecule has 5 nitrogen and oxygen atoms in total. The molecule has 0 aromatic heterocycles. The van der Waals surface area contributed by atoms with E-state index in [1.54, 1.807) is 30.3 Å². The summed E-state index contributed by atoms with van der Waals surface area (Å²) in [5.74, 6) is -1.55. The smallest absolute Gasteiger partial charge is 1.00 e. The average Bonchev–Trinajstić information content (AvgIpc) is 2.27. The van der Waals surface area contributed by atoms with E-state index in [1.165, 1.54) is 6.08 Å². The minimum atomic E-state index is -4.27. The molecule has 0 aliphatic rings. The second kappa shape index (κ2) is 7.70. The summed E-state index contributed by atoms with van der Waals surface area (Å²) in [7, 11) is -3.12. The van der Waals surface area contributed by atoms with E-state index in [4.69, 9.17) is 4.55 Å². The predicted octanol–water partition coefficient (Wildman–Crippen LogP) is -1.75. The van der Waals surface area contributed by atoms with Crippen LogP contribution in [0.3, 0.4) is 0 Å². The molecule has 18 heavy (non-hydrogen) atoms. The van der Waals surface area contributed by atoms with Crippen molar-refractivity contribution in [3.05, 3.63) is 41.5 Å². The van der Waals surface area contributed by atoms with Crippen molar-refractivity contribution in [3.63, 3.8) is 0 Å². The van der Waals surface area contributed by atoms with Gasteiger partial charge in [0.2, 0.25) is 0 Å². The number of hydrogen-bond donors (Lipinski definition) is 1. The van der Waals surface area contributed by atoms with Crippen LogP contribution in [0.25, 0.3) is 6.08 Å². The first-order valence-corrected chi connectivity index (χ1v) is 6.32. The van der Waals surface area contributed by atoms with E-state index >= 15 is 0 Å². The summed E-state index contributed by atoms with van der Waals surface area (Å²) in [5.41, 5.74) is 0.526. The maximum Gasteiger partial charge on any atom is 1.00 e. The first-order valence-electron chi connectivity index (χ1n) is 4.71. The Bertz CT molecular complexity index is 527. The van der Waals surface area contributed by atoms with Gasteiger partial charge in [0.25, 0.3) is 10.1 Å². The topological polar surface area (TPSA) is 80.7 Å². The Morgan fingerprint density at radius 2 is 1.94 bits per heavy atom. The van der Waals surface area contributed by atoms with Gasteiger partial charge >= 0.3 is 35.5 Å². The first-order chi connectivity index (χ1) is 7.92. The van der Waals surface area contributed by atoms with Crippen molar-refractivity contribution in [3.8, 4) is 0 Å². The second-order valence-corrected chi connectivity index (χ2v) is 4.75. The molecule has 0 heterocycles. The number of carbonyl (C=O) groups excluding carboxylic acids is 1. The Morgan fingerprint density at radius 3 is 2.39 bits per heavy atom. The maximum absolute atomic E-state index is 11.3. The van der Waals surface area contributed by atoms with Crippen LogP contribution in [0, 0.1) is 0 Å². The molecule has 0 aliphatic carbocycles. The molecule has 0 spiro atoms. The minimum absolute atomic E-state index is 0. The molecule has 0 aliphatic heterocycles. The number of benzene rings is 1. The summed E-state index contributed by atoms with van der Waals surface area (Å²) in [6.45, 7) is 0. The van der Waals surface area contributed by atoms with Gasteiger partial charge in [-0.25, -0.2) is 4.79 Å². The number of carbonyl (C=O) groups is 1. The molecule has 0 bridgehead atoms. The molecule has 0 amide bonds. The third kappa shape index (κ3) is 6.32. The maximum atomic E-state index is 11.3. The molecule has 0 saturated heterocycles. The molecule has 0 radical (unpaired) electrons. The quantitative estimate of drug-likeness (QED) is 0.306. The summed E-state index contributed by atoms with van der Waals surface area (Å²) in [6, 6.07) is 8.68. The Balaban J connectivity index is 0. The zero-order valence-electron chi connectivity index (χ0n) is 11.2. The van der Waals surface area contributed by atoms with E-state index in [-0.39, 0.29) is 36.6 Å². The van der Waals surface area contributed by atoms with Crippen molar-refractivity contribution < 1.29 is 53.5 Å². The number of rotatable bonds is 4. The summed E-state index contributed by atoms with van der Waals surface area (Å²) < 4.78 is 34.7. The van der Waals surface area contributed by atoms with Gasteiger partial charge in [-0.3, -0.25) is 4.55 Å². The third-order valence-corrected chi connectivity index (χ3v) is 2.60.